The van der Waals surface area contributed by atoms with Crippen molar-refractivity contribution in [3.8, 4) is 11.1 Å². The minimum absolute atomic E-state index is 0.0443. The van der Waals surface area contributed by atoms with Crippen molar-refractivity contribution in [2.75, 3.05) is 14.1 Å². The molecule has 2 aromatic carbocycles. The predicted molar refractivity (Wildman–Crippen MR) is 82.3 cm³/mol. The first-order chi connectivity index (χ1) is 9.58. The number of carbonyl (C=O) groups excluding carboxylic acids is 1. The molecule has 0 saturated carbocycles. The molecule has 0 spiro atoms. The molecule has 0 aliphatic heterocycles. The van der Waals surface area contributed by atoms with Gasteiger partial charge >= 0.3 is 0 Å². The summed E-state index contributed by atoms with van der Waals surface area (Å²) in [6.07, 6.45) is 0.562. The minimum Gasteiger partial charge on any atom is -0.347 e. The molecule has 0 bridgehead atoms. The summed E-state index contributed by atoms with van der Waals surface area (Å²) in [6, 6.07) is 17.9. The van der Waals surface area contributed by atoms with Crippen molar-refractivity contribution in [2.45, 2.75) is 12.5 Å². The lowest BCUT2D eigenvalue weighted by Gasteiger charge is -2.16. The molecule has 1 atom stereocenters. The normalized spacial score (nSPS) is 11.9. The van der Waals surface area contributed by atoms with Gasteiger partial charge in [-0.1, -0.05) is 54.6 Å². The fraction of sp³-hybridized carbons (Fsp3) is 0.235. The van der Waals surface area contributed by atoms with Crippen LogP contribution in [0.15, 0.2) is 54.6 Å². The Morgan fingerprint density at radius 2 is 1.55 bits per heavy atom. The summed E-state index contributed by atoms with van der Waals surface area (Å²) >= 11 is 0. The van der Waals surface area contributed by atoms with Crippen molar-refractivity contribution in [3.05, 3.63) is 60.2 Å². The van der Waals surface area contributed by atoms with Gasteiger partial charge in [-0.2, -0.15) is 0 Å². The Morgan fingerprint density at radius 3 is 2.10 bits per heavy atom. The van der Waals surface area contributed by atoms with E-state index in [9.17, 15) is 4.79 Å². The van der Waals surface area contributed by atoms with Gasteiger partial charge in [-0.05, 0) is 23.1 Å². The molecule has 104 valence electrons. The number of nitrogens with two attached hydrogens (primary N) is 1. The van der Waals surface area contributed by atoms with Crippen molar-refractivity contribution in [3.63, 3.8) is 0 Å². The fourth-order valence-electron chi connectivity index (χ4n) is 2.14. The second-order valence-electron chi connectivity index (χ2n) is 5.11. The van der Waals surface area contributed by atoms with Crippen LogP contribution in [0.2, 0.25) is 0 Å². The Hall–Kier alpha value is -2.13. The lowest BCUT2D eigenvalue weighted by molar-refractivity contribution is -0.130. The van der Waals surface area contributed by atoms with Crippen LogP contribution in [0.5, 0.6) is 0 Å². The minimum atomic E-state index is -0.479. The zero-order valence-corrected chi connectivity index (χ0v) is 11.9. The zero-order chi connectivity index (χ0) is 14.5. The van der Waals surface area contributed by atoms with E-state index in [-0.39, 0.29) is 5.91 Å². The zero-order valence-electron chi connectivity index (χ0n) is 11.9. The van der Waals surface area contributed by atoms with Crippen LogP contribution in [0.3, 0.4) is 0 Å². The lowest BCUT2D eigenvalue weighted by atomic mass is 10.0. The van der Waals surface area contributed by atoms with Gasteiger partial charge in [-0.15, -0.1) is 0 Å². The van der Waals surface area contributed by atoms with E-state index < -0.39 is 6.04 Å². The van der Waals surface area contributed by atoms with Gasteiger partial charge in [-0.25, -0.2) is 0 Å². The fourth-order valence-corrected chi connectivity index (χ4v) is 2.14. The molecule has 0 fully saturated rings. The Kier molecular flexibility index (Phi) is 4.53. The van der Waals surface area contributed by atoms with Crippen molar-refractivity contribution >= 4 is 5.91 Å². The van der Waals surface area contributed by atoms with Crippen LogP contribution < -0.4 is 5.73 Å². The molecule has 3 heteroatoms. The largest absolute Gasteiger partial charge is 0.347 e. The smallest absolute Gasteiger partial charge is 0.239 e. The first kappa shape index (κ1) is 14.3. The van der Waals surface area contributed by atoms with E-state index in [1.54, 1.807) is 14.1 Å². The SMILES string of the molecule is CN(C)C(=O)C(N)Cc1ccc(-c2ccccc2)cc1. The number of likely N-dealkylation sites (N-methyl/N-ethyl adjacent to an activating group) is 1. The number of benzene rings is 2. The highest BCUT2D eigenvalue weighted by Crippen LogP contribution is 2.19. The van der Waals surface area contributed by atoms with E-state index in [0.29, 0.717) is 6.42 Å². The van der Waals surface area contributed by atoms with Crippen LogP contribution >= 0.6 is 0 Å². The van der Waals surface area contributed by atoms with E-state index in [4.69, 9.17) is 5.73 Å². The van der Waals surface area contributed by atoms with E-state index in [1.165, 1.54) is 16.0 Å². The molecule has 0 aliphatic rings. The molecule has 0 heterocycles. The van der Waals surface area contributed by atoms with Gasteiger partial charge in [0.1, 0.15) is 0 Å². The average Bonchev–Trinajstić information content (AvgIpc) is 2.48. The van der Waals surface area contributed by atoms with Gasteiger partial charge in [0.15, 0.2) is 0 Å². The van der Waals surface area contributed by atoms with Crippen LogP contribution in [-0.2, 0) is 11.2 Å². The topological polar surface area (TPSA) is 46.3 Å². The van der Waals surface area contributed by atoms with Gasteiger partial charge in [0.25, 0.3) is 0 Å². The second-order valence-corrected chi connectivity index (χ2v) is 5.11. The molecular weight excluding hydrogens is 248 g/mol. The molecular formula is C17H20N2O. The average molecular weight is 268 g/mol. The highest BCUT2D eigenvalue weighted by atomic mass is 16.2. The summed E-state index contributed by atoms with van der Waals surface area (Å²) in [4.78, 5) is 13.3. The highest BCUT2D eigenvalue weighted by molar-refractivity contribution is 5.81. The third-order valence-electron chi connectivity index (χ3n) is 3.27. The summed E-state index contributed by atoms with van der Waals surface area (Å²) in [5.41, 5.74) is 9.34. The van der Waals surface area contributed by atoms with Crippen LogP contribution in [0.1, 0.15) is 5.56 Å². The summed E-state index contributed by atoms with van der Waals surface area (Å²) in [6.45, 7) is 0. The maximum Gasteiger partial charge on any atom is 0.239 e. The van der Waals surface area contributed by atoms with E-state index in [1.807, 2.05) is 30.3 Å². The van der Waals surface area contributed by atoms with E-state index in [0.717, 1.165) is 5.56 Å². The molecule has 3 nitrogen and oxygen atoms in total. The standard InChI is InChI=1S/C17H20N2O/c1-19(2)17(20)16(18)12-13-8-10-15(11-9-13)14-6-4-3-5-7-14/h3-11,16H,12,18H2,1-2H3. The van der Waals surface area contributed by atoms with Crippen molar-refractivity contribution in [1.82, 2.24) is 4.90 Å². The summed E-state index contributed by atoms with van der Waals surface area (Å²) in [5, 5.41) is 0. The molecule has 1 amide bonds. The summed E-state index contributed by atoms with van der Waals surface area (Å²) in [7, 11) is 3.45. The monoisotopic (exact) mass is 268 g/mol. The quantitative estimate of drug-likeness (QED) is 0.925. The molecule has 2 rings (SSSR count). The Bertz CT molecular complexity index is 561. The van der Waals surface area contributed by atoms with Crippen molar-refractivity contribution < 1.29 is 4.79 Å². The molecule has 0 radical (unpaired) electrons. The first-order valence-electron chi connectivity index (χ1n) is 6.69. The van der Waals surface area contributed by atoms with Gasteiger partial charge in [-0.3, -0.25) is 4.79 Å². The van der Waals surface area contributed by atoms with Gasteiger partial charge in [0.05, 0.1) is 6.04 Å². The first-order valence-corrected chi connectivity index (χ1v) is 6.69. The number of hydrogen-bond donors (Lipinski definition) is 1. The number of hydrogen-bond acceptors (Lipinski definition) is 2. The molecule has 2 aromatic rings. The second kappa shape index (κ2) is 6.35. The number of rotatable bonds is 4. The number of nitrogens with zero attached hydrogens (tertiary/aromatic N) is 1. The van der Waals surface area contributed by atoms with Gasteiger partial charge < -0.3 is 10.6 Å². The van der Waals surface area contributed by atoms with Crippen LogP contribution in [-0.4, -0.2) is 30.9 Å². The van der Waals surface area contributed by atoms with Gasteiger partial charge in [0, 0.05) is 14.1 Å². The maximum absolute atomic E-state index is 11.7. The third-order valence-corrected chi connectivity index (χ3v) is 3.27. The van der Waals surface area contributed by atoms with Crippen molar-refractivity contribution in [1.29, 1.82) is 0 Å². The van der Waals surface area contributed by atoms with Crippen LogP contribution in [0.4, 0.5) is 0 Å². The third kappa shape index (κ3) is 3.45. The predicted octanol–water partition coefficient (Wildman–Crippen LogP) is 2.31. The number of carbonyl (C=O) groups is 1. The molecule has 0 aromatic heterocycles. The molecule has 2 N–H and O–H groups in total. The molecule has 20 heavy (non-hydrogen) atoms. The Labute approximate surface area is 120 Å². The van der Waals surface area contributed by atoms with E-state index >= 15 is 0 Å². The van der Waals surface area contributed by atoms with Crippen molar-refractivity contribution in [2.24, 2.45) is 5.73 Å². The number of amides is 1. The van der Waals surface area contributed by atoms with Gasteiger partial charge in [0.2, 0.25) is 5.91 Å². The van der Waals surface area contributed by atoms with Crippen LogP contribution in [0.25, 0.3) is 11.1 Å². The molecule has 0 aliphatic carbocycles. The molecule has 0 saturated heterocycles. The molecule has 1 unspecified atom stereocenters. The highest BCUT2D eigenvalue weighted by Gasteiger charge is 2.15. The van der Waals surface area contributed by atoms with E-state index in [2.05, 4.69) is 24.3 Å². The summed E-state index contributed by atoms with van der Waals surface area (Å²) < 4.78 is 0. The summed E-state index contributed by atoms with van der Waals surface area (Å²) in [5.74, 6) is -0.0443. The Morgan fingerprint density at radius 1 is 1.00 bits per heavy atom. The maximum atomic E-state index is 11.7. The Balaban J connectivity index is 2.07. The lowest BCUT2D eigenvalue weighted by Crippen LogP contribution is -2.41. The van der Waals surface area contributed by atoms with Crippen LogP contribution in [0, 0.1) is 0 Å².